The quantitative estimate of drug-likeness (QED) is 0.756. The molecular weight excluding hydrogens is 347 g/mol. The zero-order chi connectivity index (χ0) is 18.5. The van der Waals surface area contributed by atoms with Gasteiger partial charge in [-0.1, -0.05) is 0 Å². The molecule has 0 fully saturated rings. The van der Waals surface area contributed by atoms with Crippen molar-refractivity contribution in [2.24, 2.45) is 0 Å². The summed E-state index contributed by atoms with van der Waals surface area (Å²) in [5, 5.41) is 0. The number of fused-ring (bicyclic) bond motifs is 1. The van der Waals surface area contributed by atoms with Crippen LogP contribution in [0.5, 0.6) is 0 Å². The topological polar surface area (TPSA) is 63.7 Å². The van der Waals surface area contributed by atoms with Crippen molar-refractivity contribution in [2.75, 3.05) is 7.11 Å². The molecule has 24 heavy (non-hydrogen) atoms. The van der Waals surface area contributed by atoms with Crippen molar-refractivity contribution in [2.45, 2.75) is 49.8 Å². The Morgan fingerprint density at radius 1 is 1.25 bits per heavy atom. The second kappa shape index (κ2) is 5.73. The minimum absolute atomic E-state index is 0.0369. The first kappa shape index (κ1) is 18.7. The van der Waals surface area contributed by atoms with E-state index in [-0.39, 0.29) is 16.9 Å². The molecule has 0 radical (unpaired) electrons. The van der Waals surface area contributed by atoms with Gasteiger partial charge in [0.1, 0.15) is 0 Å². The van der Waals surface area contributed by atoms with Gasteiger partial charge in [0, 0.05) is 5.54 Å². The molecule has 0 bridgehead atoms. The lowest BCUT2D eigenvalue weighted by atomic mass is 9.97. The molecule has 134 valence electrons. The molecule has 2 rings (SSSR count). The van der Waals surface area contributed by atoms with E-state index in [4.69, 9.17) is 0 Å². The maximum absolute atomic E-state index is 13.0. The molecule has 5 nitrogen and oxygen atoms in total. The van der Waals surface area contributed by atoms with Crippen molar-refractivity contribution in [1.82, 2.24) is 4.31 Å². The minimum atomic E-state index is -4.61. The molecule has 1 atom stereocenters. The average molecular weight is 365 g/mol. The fraction of sp³-hybridized carbons (Fsp3) is 0.533. The molecule has 9 heteroatoms. The van der Waals surface area contributed by atoms with Crippen molar-refractivity contribution in [1.29, 1.82) is 0 Å². The van der Waals surface area contributed by atoms with Crippen molar-refractivity contribution < 1.29 is 31.1 Å². The molecule has 0 spiro atoms. The van der Waals surface area contributed by atoms with E-state index in [9.17, 15) is 26.4 Å². The largest absolute Gasteiger partial charge is 0.469 e. The molecule has 1 aromatic carbocycles. The van der Waals surface area contributed by atoms with Crippen LogP contribution in [0.4, 0.5) is 13.2 Å². The van der Waals surface area contributed by atoms with Gasteiger partial charge in [-0.3, -0.25) is 4.79 Å². The number of rotatable bonds is 2. The Morgan fingerprint density at radius 3 is 2.29 bits per heavy atom. The van der Waals surface area contributed by atoms with Crippen LogP contribution in [-0.4, -0.2) is 31.3 Å². The minimum Gasteiger partial charge on any atom is -0.469 e. The third-order valence-electron chi connectivity index (χ3n) is 3.76. The van der Waals surface area contributed by atoms with Crippen LogP contribution in [0.3, 0.4) is 0 Å². The van der Waals surface area contributed by atoms with Crippen LogP contribution in [0, 0.1) is 0 Å². The molecule has 0 N–H and O–H groups in total. The lowest BCUT2D eigenvalue weighted by molar-refractivity contribution is -0.141. The molecule has 0 unspecified atom stereocenters. The van der Waals surface area contributed by atoms with Crippen molar-refractivity contribution in [3.05, 3.63) is 29.3 Å². The lowest BCUT2D eigenvalue weighted by Gasteiger charge is -2.35. The second-order valence-electron chi connectivity index (χ2n) is 6.52. The molecular formula is C15H18F3NO4S. The SMILES string of the molecule is COC(=O)C[C@H]1c2cc(C(F)(F)F)ccc2S(=O)(=O)N1C(C)(C)C. The van der Waals surface area contributed by atoms with Crippen LogP contribution in [0.25, 0.3) is 0 Å². The maximum atomic E-state index is 13.0. The second-order valence-corrected chi connectivity index (χ2v) is 8.30. The molecule has 1 aliphatic rings. The lowest BCUT2D eigenvalue weighted by Crippen LogP contribution is -2.44. The number of halogens is 3. The fourth-order valence-corrected chi connectivity index (χ4v) is 5.07. The summed E-state index contributed by atoms with van der Waals surface area (Å²) in [6.45, 7) is 4.85. The standard InChI is InChI=1S/C15H18F3NO4S/c1-14(2,3)19-11(8-13(20)23-4)10-7-9(15(16,17)18)5-6-12(10)24(19,21)22/h5-7,11H,8H2,1-4H3/t11-/m0/s1. The molecule has 1 heterocycles. The van der Waals surface area contributed by atoms with Gasteiger partial charge in [-0.15, -0.1) is 0 Å². The van der Waals surface area contributed by atoms with E-state index in [1.165, 1.54) is 0 Å². The van der Waals surface area contributed by atoms with Gasteiger partial charge in [-0.25, -0.2) is 8.42 Å². The number of methoxy groups -OCH3 is 1. The van der Waals surface area contributed by atoms with E-state index in [0.29, 0.717) is 0 Å². The van der Waals surface area contributed by atoms with Crippen molar-refractivity contribution in [3.8, 4) is 0 Å². The van der Waals surface area contributed by atoms with Gasteiger partial charge in [0.15, 0.2) is 0 Å². The highest BCUT2D eigenvalue weighted by molar-refractivity contribution is 7.89. The van der Waals surface area contributed by atoms with Gasteiger partial charge in [0.2, 0.25) is 10.0 Å². The monoisotopic (exact) mass is 365 g/mol. The summed E-state index contributed by atoms with van der Waals surface area (Å²) >= 11 is 0. The van der Waals surface area contributed by atoms with Crippen LogP contribution >= 0.6 is 0 Å². The highest BCUT2D eigenvalue weighted by atomic mass is 32.2. The third kappa shape index (κ3) is 3.14. The Morgan fingerprint density at radius 2 is 1.83 bits per heavy atom. The summed E-state index contributed by atoms with van der Waals surface area (Å²) in [6, 6.07) is 1.44. The highest BCUT2D eigenvalue weighted by Crippen LogP contribution is 2.47. The summed E-state index contributed by atoms with van der Waals surface area (Å²) in [4.78, 5) is 11.5. The molecule has 0 aliphatic carbocycles. The first-order valence-electron chi connectivity index (χ1n) is 7.12. The van der Waals surface area contributed by atoms with Crippen LogP contribution < -0.4 is 0 Å². The van der Waals surface area contributed by atoms with Crippen LogP contribution in [-0.2, 0) is 25.7 Å². The van der Waals surface area contributed by atoms with E-state index in [0.717, 1.165) is 29.6 Å². The summed E-state index contributed by atoms with van der Waals surface area (Å²) in [7, 11) is -2.87. The molecule has 0 saturated carbocycles. The number of benzene rings is 1. The summed E-state index contributed by atoms with van der Waals surface area (Å²) in [6.07, 6.45) is -4.97. The molecule has 1 aliphatic heterocycles. The number of hydrogen-bond donors (Lipinski definition) is 0. The Hall–Kier alpha value is -1.61. The van der Waals surface area contributed by atoms with Gasteiger partial charge in [0.25, 0.3) is 0 Å². The smallest absolute Gasteiger partial charge is 0.416 e. The zero-order valence-electron chi connectivity index (χ0n) is 13.6. The summed E-state index contributed by atoms with van der Waals surface area (Å²) in [5.74, 6) is -0.699. The summed E-state index contributed by atoms with van der Waals surface area (Å²) < 4.78 is 70.1. The maximum Gasteiger partial charge on any atom is 0.416 e. The van der Waals surface area contributed by atoms with E-state index in [2.05, 4.69) is 4.74 Å². The Balaban J connectivity index is 2.69. The number of carbonyl (C=O) groups is 1. The third-order valence-corrected chi connectivity index (χ3v) is 6.01. The molecule has 0 aromatic heterocycles. The zero-order valence-corrected chi connectivity index (χ0v) is 14.5. The molecule has 0 amide bonds. The Bertz CT molecular complexity index is 766. The average Bonchev–Trinajstić information content (AvgIpc) is 2.65. The molecule has 0 saturated heterocycles. The number of hydrogen-bond acceptors (Lipinski definition) is 4. The van der Waals surface area contributed by atoms with Crippen LogP contribution in [0.15, 0.2) is 23.1 Å². The van der Waals surface area contributed by atoms with Crippen molar-refractivity contribution >= 4 is 16.0 Å². The van der Waals surface area contributed by atoms with Gasteiger partial charge >= 0.3 is 12.1 Å². The van der Waals surface area contributed by atoms with Crippen LogP contribution in [0.2, 0.25) is 0 Å². The Kier molecular flexibility index (Phi) is 4.47. The highest BCUT2D eigenvalue weighted by Gasteiger charge is 2.49. The van der Waals surface area contributed by atoms with Gasteiger partial charge in [-0.05, 0) is 44.5 Å². The van der Waals surface area contributed by atoms with Crippen molar-refractivity contribution in [3.63, 3.8) is 0 Å². The van der Waals surface area contributed by atoms with Gasteiger partial charge < -0.3 is 4.74 Å². The normalized spacial score (nSPS) is 20.7. The number of esters is 1. The Labute approximate surface area is 138 Å². The first-order chi connectivity index (χ1) is 10.8. The van der Waals surface area contributed by atoms with Gasteiger partial charge in [-0.2, -0.15) is 17.5 Å². The first-order valence-corrected chi connectivity index (χ1v) is 8.56. The van der Waals surface area contributed by atoms with Crippen LogP contribution in [0.1, 0.15) is 44.4 Å². The summed E-state index contributed by atoms with van der Waals surface area (Å²) in [5.41, 5.74) is -1.91. The molecule has 1 aromatic rings. The number of sulfonamides is 1. The number of alkyl halides is 3. The van der Waals surface area contributed by atoms with E-state index >= 15 is 0 Å². The number of ether oxygens (including phenoxy) is 1. The predicted octanol–water partition coefficient (Wildman–Crippen LogP) is 3.11. The fourth-order valence-electron chi connectivity index (χ4n) is 2.88. The van der Waals surface area contributed by atoms with Gasteiger partial charge in [0.05, 0.1) is 30.0 Å². The number of carbonyl (C=O) groups excluding carboxylic acids is 1. The van der Waals surface area contributed by atoms with E-state index in [1.54, 1.807) is 20.8 Å². The van der Waals surface area contributed by atoms with E-state index in [1.807, 2.05) is 0 Å². The van der Waals surface area contributed by atoms with E-state index < -0.39 is 39.3 Å². The predicted molar refractivity (Wildman–Crippen MR) is 79.6 cm³/mol. The number of nitrogens with zero attached hydrogens (tertiary/aromatic N) is 1.